The van der Waals surface area contributed by atoms with Crippen LogP contribution in [0.2, 0.25) is 0 Å². The predicted molar refractivity (Wildman–Crippen MR) is 169 cm³/mol. The summed E-state index contributed by atoms with van der Waals surface area (Å²) in [6.45, 7) is 6.39. The third-order valence-corrected chi connectivity index (χ3v) is 9.13. The van der Waals surface area contributed by atoms with Crippen LogP contribution < -0.4 is 5.73 Å². The van der Waals surface area contributed by atoms with Crippen molar-refractivity contribution < 1.29 is 19.4 Å². The molecule has 2 fully saturated rings. The second kappa shape index (κ2) is 13.1. The number of hydrogen-bond acceptors (Lipinski definition) is 8. The highest BCUT2D eigenvalue weighted by molar-refractivity contribution is 5.97. The number of aliphatic hydroxyl groups excluding tert-OH is 1. The molecule has 1 atom stereocenters. The van der Waals surface area contributed by atoms with Gasteiger partial charge in [-0.2, -0.15) is 10.2 Å². The lowest BCUT2D eigenvalue weighted by atomic mass is 9.94. The van der Waals surface area contributed by atoms with Gasteiger partial charge in [-0.05, 0) is 46.7 Å². The summed E-state index contributed by atoms with van der Waals surface area (Å²) in [4.78, 5) is 17.4. The summed E-state index contributed by atoms with van der Waals surface area (Å²) in [6.07, 6.45) is 9.48. The first kappa shape index (κ1) is 29.7. The van der Waals surface area contributed by atoms with E-state index in [4.69, 9.17) is 15.2 Å². The van der Waals surface area contributed by atoms with E-state index in [1.165, 1.54) is 11.1 Å². The Hall–Kier alpha value is -4.03. The van der Waals surface area contributed by atoms with Crippen LogP contribution in [0, 0.1) is 0 Å². The molecule has 0 radical (unpaired) electrons. The number of benzene rings is 2. The molecule has 4 aromatic rings. The first-order valence-electron chi connectivity index (χ1n) is 15.8. The van der Waals surface area contributed by atoms with Crippen molar-refractivity contribution in [1.29, 1.82) is 0 Å². The van der Waals surface area contributed by atoms with Crippen molar-refractivity contribution in [2.75, 3.05) is 58.3 Å². The smallest absolute Gasteiger partial charge is 0.254 e. The number of nitrogen functional groups attached to an aromatic ring is 1. The number of aromatic nitrogens is 4. The lowest BCUT2D eigenvalue weighted by Crippen LogP contribution is -2.46. The summed E-state index contributed by atoms with van der Waals surface area (Å²) in [5.74, 6) is 0.0263. The van der Waals surface area contributed by atoms with E-state index in [0.717, 1.165) is 81.0 Å². The Morgan fingerprint density at radius 1 is 0.844 bits per heavy atom. The number of nitrogens with two attached hydrogens (primary N) is 1. The van der Waals surface area contributed by atoms with Crippen LogP contribution >= 0.6 is 0 Å². The Morgan fingerprint density at radius 3 is 2.27 bits per heavy atom. The van der Waals surface area contributed by atoms with Crippen molar-refractivity contribution >= 4 is 11.6 Å². The zero-order valence-corrected chi connectivity index (χ0v) is 25.5. The average molecular weight is 612 g/mol. The summed E-state index contributed by atoms with van der Waals surface area (Å²) in [5.41, 5.74) is 13.0. The predicted octanol–water partition coefficient (Wildman–Crippen LogP) is 2.50. The van der Waals surface area contributed by atoms with E-state index in [0.29, 0.717) is 37.4 Å². The fraction of sp³-hybridized carbons (Fsp3) is 0.441. The largest absolute Gasteiger partial charge is 0.396 e. The van der Waals surface area contributed by atoms with E-state index in [1.54, 1.807) is 6.20 Å². The number of ether oxygens (including phenoxy) is 2. The highest BCUT2D eigenvalue weighted by Gasteiger charge is 2.28. The first-order valence-corrected chi connectivity index (χ1v) is 15.8. The van der Waals surface area contributed by atoms with E-state index < -0.39 is 6.10 Å². The summed E-state index contributed by atoms with van der Waals surface area (Å²) < 4.78 is 14.1. The monoisotopic (exact) mass is 611 g/mol. The van der Waals surface area contributed by atoms with Gasteiger partial charge in [0.1, 0.15) is 0 Å². The highest BCUT2D eigenvalue weighted by atomic mass is 16.5. The number of fused-ring (bicyclic) bond motifs is 2. The first-order chi connectivity index (χ1) is 22.0. The fourth-order valence-corrected chi connectivity index (χ4v) is 6.38. The molecule has 236 valence electrons. The topological polar surface area (TPSA) is 124 Å². The molecule has 8 rings (SSSR count). The lowest BCUT2D eigenvalue weighted by Gasteiger charge is -2.34. The molecule has 45 heavy (non-hydrogen) atoms. The summed E-state index contributed by atoms with van der Waals surface area (Å²) in [6, 6.07) is 15.5. The molecule has 1 amide bonds. The highest BCUT2D eigenvalue weighted by Crippen LogP contribution is 2.24. The normalized spacial score (nSPS) is 19.1. The van der Waals surface area contributed by atoms with E-state index in [1.807, 2.05) is 32.7 Å². The van der Waals surface area contributed by atoms with Crippen LogP contribution in [0.1, 0.15) is 50.3 Å². The Balaban J connectivity index is 0.000000275. The van der Waals surface area contributed by atoms with Crippen molar-refractivity contribution in [3.05, 3.63) is 101 Å². The van der Waals surface area contributed by atoms with Crippen LogP contribution in [0.15, 0.2) is 67.3 Å². The number of hydrogen-bond donors (Lipinski definition) is 2. The lowest BCUT2D eigenvalue weighted by molar-refractivity contribution is -0.0286. The molecule has 0 aliphatic carbocycles. The van der Waals surface area contributed by atoms with Gasteiger partial charge in [0.05, 0.1) is 62.7 Å². The quantitative estimate of drug-likeness (QED) is 0.312. The molecule has 6 heterocycles. The standard InChI is InChI=1S/C28H32N4O3.C6H9N3O/c33-26(16-30-9-7-22-3-1-2-4-24(22)15-30)17-31-10-8-23-6-5-20(12-27(23)28(31)34)11-21-13-29-32(14-21)25-18-35-19-25;7-5-1-8-9(2-5)6-3-10-4-6/h1-6,12-14,25-26,33H,7-11,15-19H2;1-2,6H,3-4,7H2. The number of nitrogens with zero attached hydrogens (tertiary/aromatic N) is 6. The number of anilines is 1. The van der Waals surface area contributed by atoms with Gasteiger partial charge in [-0.25, -0.2) is 0 Å². The van der Waals surface area contributed by atoms with Gasteiger partial charge in [0, 0.05) is 57.1 Å². The second-order valence-corrected chi connectivity index (χ2v) is 12.5. The van der Waals surface area contributed by atoms with Gasteiger partial charge in [0.15, 0.2) is 0 Å². The molecule has 4 aliphatic heterocycles. The van der Waals surface area contributed by atoms with Crippen LogP contribution in [0.4, 0.5) is 5.69 Å². The van der Waals surface area contributed by atoms with Crippen LogP contribution in [0.5, 0.6) is 0 Å². The van der Waals surface area contributed by atoms with Gasteiger partial charge in [-0.15, -0.1) is 0 Å². The molecule has 11 nitrogen and oxygen atoms in total. The number of rotatable bonds is 8. The third-order valence-electron chi connectivity index (χ3n) is 9.13. The molecule has 0 bridgehead atoms. The minimum Gasteiger partial charge on any atom is -0.396 e. The van der Waals surface area contributed by atoms with Crippen LogP contribution in [-0.4, -0.2) is 99.1 Å². The fourth-order valence-electron chi connectivity index (χ4n) is 6.38. The molecule has 11 heteroatoms. The number of aliphatic hydroxyl groups is 1. The molecule has 3 N–H and O–H groups in total. The van der Waals surface area contributed by atoms with Crippen molar-refractivity contribution in [2.24, 2.45) is 0 Å². The molecular weight excluding hydrogens is 570 g/mol. The SMILES string of the molecule is Nc1cnn(C2COC2)c1.O=C1c2cc(Cc3cnn(C4COC4)c3)ccc2CCN1CC(O)CN1CCc2ccccc2C1. The molecular formula is C34H41N7O4. The number of carbonyl (C=O) groups is 1. The molecule has 4 aliphatic rings. The van der Waals surface area contributed by atoms with Crippen molar-refractivity contribution in [1.82, 2.24) is 29.4 Å². The van der Waals surface area contributed by atoms with Gasteiger partial charge in [-0.3, -0.25) is 19.1 Å². The van der Waals surface area contributed by atoms with Crippen LogP contribution in [0.25, 0.3) is 0 Å². The number of carbonyl (C=O) groups excluding carboxylic acids is 1. The number of amides is 1. The van der Waals surface area contributed by atoms with Crippen molar-refractivity contribution in [2.45, 2.75) is 44.0 Å². The summed E-state index contributed by atoms with van der Waals surface area (Å²) in [5, 5.41) is 19.4. The van der Waals surface area contributed by atoms with Crippen LogP contribution in [0.3, 0.4) is 0 Å². The maximum absolute atomic E-state index is 13.3. The molecule has 2 aromatic carbocycles. The maximum atomic E-state index is 13.3. The van der Waals surface area contributed by atoms with Crippen LogP contribution in [-0.2, 0) is 35.3 Å². The maximum Gasteiger partial charge on any atom is 0.254 e. The van der Waals surface area contributed by atoms with Crippen molar-refractivity contribution in [3.63, 3.8) is 0 Å². The molecule has 0 saturated carbocycles. The average Bonchev–Trinajstić information content (AvgIpc) is 3.62. The van der Waals surface area contributed by atoms with Crippen molar-refractivity contribution in [3.8, 4) is 0 Å². The molecule has 2 aromatic heterocycles. The van der Waals surface area contributed by atoms with Gasteiger partial charge in [-0.1, -0.05) is 36.4 Å². The number of β-amino-alcohol motifs (C(OH)–C–C–N with tert-alkyl or cyclic N) is 1. The minimum absolute atomic E-state index is 0.0263. The Morgan fingerprint density at radius 2 is 1.56 bits per heavy atom. The van der Waals surface area contributed by atoms with Gasteiger partial charge in [0.25, 0.3) is 5.91 Å². The molecule has 2 saturated heterocycles. The van der Waals surface area contributed by atoms with Gasteiger partial charge in [0.2, 0.25) is 0 Å². The minimum atomic E-state index is -0.560. The zero-order chi connectivity index (χ0) is 30.8. The van der Waals surface area contributed by atoms with Gasteiger partial charge >= 0.3 is 0 Å². The molecule has 1 unspecified atom stereocenters. The van der Waals surface area contributed by atoms with E-state index in [9.17, 15) is 9.90 Å². The molecule has 0 spiro atoms. The van der Waals surface area contributed by atoms with Gasteiger partial charge < -0.3 is 25.2 Å². The Labute approximate surface area is 263 Å². The summed E-state index contributed by atoms with van der Waals surface area (Å²) in [7, 11) is 0. The third kappa shape index (κ3) is 6.81. The summed E-state index contributed by atoms with van der Waals surface area (Å²) >= 11 is 0. The Kier molecular flexibility index (Phi) is 8.66. The Bertz CT molecular complexity index is 1630. The zero-order valence-electron chi connectivity index (χ0n) is 25.5. The van der Waals surface area contributed by atoms with E-state index in [-0.39, 0.29) is 5.91 Å². The van der Waals surface area contributed by atoms with E-state index in [2.05, 4.69) is 57.7 Å². The second-order valence-electron chi connectivity index (χ2n) is 12.5. The van der Waals surface area contributed by atoms with E-state index >= 15 is 0 Å².